The predicted octanol–water partition coefficient (Wildman–Crippen LogP) is 4.55. The quantitative estimate of drug-likeness (QED) is 0.740. The van der Waals surface area contributed by atoms with Gasteiger partial charge in [0.25, 0.3) is 0 Å². The minimum absolute atomic E-state index is 0.616. The molecule has 1 aromatic heterocycles. The van der Waals surface area contributed by atoms with Crippen molar-refractivity contribution in [3.8, 4) is 0 Å². The lowest BCUT2D eigenvalue weighted by Crippen LogP contribution is -2.28. The Balaban J connectivity index is 1.95. The van der Waals surface area contributed by atoms with E-state index in [2.05, 4.69) is 64.3 Å². The van der Waals surface area contributed by atoms with Crippen LogP contribution in [0.1, 0.15) is 24.3 Å². The van der Waals surface area contributed by atoms with Crippen LogP contribution in [-0.4, -0.2) is 18.1 Å². The lowest BCUT2D eigenvalue weighted by molar-refractivity contribution is 0.447. The average molecular weight is 367 g/mol. The first kappa shape index (κ1) is 16.7. The molecule has 2 rings (SSSR count). The van der Waals surface area contributed by atoms with Gasteiger partial charge in [0, 0.05) is 15.5 Å². The minimum atomic E-state index is 0.616. The zero-order valence-electron chi connectivity index (χ0n) is 12.7. The van der Waals surface area contributed by atoms with Crippen molar-refractivity contribution >= 4 is 27.3 Å². The van der Waals surface area contributed by atoms with Gasteiger partial charge in [0.05, 0.1) is 5.51 Å². The van der Waals surface area contributed by atoms with Gasteiger partial charge >= 0.3 is 0 Å². The molecule has 2 aromatic rings. The zero-order valence-corrected chi connectivity index (χ0v) is 15.1. The van der Waals surface area contributed by atoms with Gasteiger partial charge in [0.1, 0.15) is 0 Å². The zero-order chi connectivity index (χ0) is 15.1. The molecule has 1 heterocycles. The molecule has 1 N–H and O–H groups in total. The largest absolute Gasteiger partial charge is 0.316 e. The first-order valence-electron chi connectivity index (χ1n) is 7.46. The van der Waals surface area contributed by atoms with Crippen LogP contribution in [0.3, 0.4) is 0 Å². The Hall–Kier alpha value is -0.710. The van der Waals surface area contributed by atoms with Crippen LogP contribution in [0.25, 0.3) is 0 Å². The highest BCUT2D eigenvalue weighted by Gasteiger charge is 2.12. The molecular formula is C17H23BrN2S. The highest BCUT2D eigenvalue weighted by molar-refractivity contribution is 9.10. The number of nitrogens with one attached hydrogen (secondary N) is 1. The summed E-state index contributed by atoms with van der Waals surface area (Å²) >= 11 is 5.26. The van der Waals surface area contributed by atoms with Crippen LogP contribution >= 0.6 is 27.3 Å². The van der Waals surface area contributed by atoms with Gasteiger partial charge in [-0.15, -0.1) is 11.3 Å². The molecule has 0 fully saturated rings. The topological polar surface area (TPSA) is 24.9 Å². The summed E-state index contributed by atoms with van der Waals surface area (Å²) in [6.45, 7) is 6.64. The molecule has 0 saturated carbocycles. The van der Waals surface area contributed by atoms with Crippen LogP contribution in [0.2, 0.25) is 0 Å². The van der Waals surface area contributed by atoms with Gasteiger partial charge in [0.15, 0.2) is 0 Å². The van der Waals surface area contributed by atoms with Crippen LogP contribution < -0.4 is 5.32 Å². The summed E-state index contributed by atoms with van der Waals surface area (Å²) in [4.78, 5) is 5.57. The van der Waals surface area contributed by atoms with Gasteiger partial charge in [-0.05, 0) is 55.5 Å². The van der Waals surface area contributed by atoms with Gasteiger partial charge in [-0.25, -0.2) is 0 Å². The molecular weight excluding hydrogens is 344 g/mol. The van der Waals surface area contributed by atoms with Crippen LogP contribution in [0.15, 0.2) is 40.4 Å². The maximum atomic E-state index is 4.19. The molecule has 0 saturated heterocycles. The summed E-state index contributed by atoms with van der Waals surface area (Å²) in [5.41, 5.74) is 3.33. The third kappa shape index (κ3) is 6.29. The number of aromatic nitrogens is 1. The maximum Gasteiger partial charge on any atom is 0.0794 e. The summed E-state index contributed by atoms with van der Waals surface area (Å²) in [5, 5.41) is 3.60. The van der Waals surface area contributed by atoms with E-state index < -0.39 is 0 Å². The molecule has 1 atom stereocenters. The van der Waals surface area contributed by atoms with E-state index in [-0.39, 0.29) is 0 Å². The number of benzene rings is 1. The molecule has 0 aliphatic heterocycles. The monoisotopic (exact) mass is 366 g/mol. The molecule has 1 aromatic carbocycles. The van der Waals surface area contributed by atoms with Crippen molar-refractivity contribution in [3.05, 3.63) is 50.9 Å². The van der Waals surface area contributed by atoms with E-state index in [0.717, 1.165) is 30.4 Å². The Kier molecular flexibility index (Phi) is 6.87. The van der Waals surface area contributed by atoms with E-state index >= 15 is 0 Å². The summed E-state index contributed by atoms with van der Waals surface area (Å²) < 4.78 is 1.14. The Morgan fingerprint density at radius 3 is 2.52 bits per heavy atom. The van der Waals surface area contributed by atoms with Gasteiger partial charge in [-0.3, -0.25) is 4.98 Å². The highest BCUT2D eigenvalue weighted by atomic mass is 79.9. The molecule has 1 unspecified atom stereocenters. The third-order valence-corrected chi connectivity index (χ3v) is 4.73. The Morgan fingerprint density at radius 2 is 1.90 bits per heavy atom. The van der Waals surface area contributed by atoms with Gasteiger partial charge in [-0.2, -0.15) is 0 Å². The molecule has 0 aliphatic rings. The maximum absolute atomic E-state index is 4.19. The summed E-state index contributed by atoms with van der Waals surface area (Å²) in [5.74, 6) is 1.31. The number of nitrogens with zero attached hydrogens (tertiary/aromatic N) is 1. The van der Waals surface area contributed by atoms with E-state index in [1.165, 1.54) is 10.4 Å². The fourth-order valence-electron chi connectivity index (χ4n) is 2.37. The normalized spacial score (nSPS) is 12.8. The van der Waals surface area contributed by atoms with E-state index in [1.807, 2.05) is 11.7 Å². The fourth-order valence-corrected chi connectivity index (χ4v) is 3.35. The number of hydrogen-bond donors (Lipinski definition) is 1. The van der Waals surface area contributed by atoms with Crippen molar-refractivity contribution < 1.29 is 0 Å². The molecule has 0 aliphatic carbocycles. The van der Waals surface area contributed by atoms with Gasteiger partial charge in [0.2, 0.25) is 0 Å². The number of thiazole rings is 1. The second-order valence-corrected chi connectivity index (χ2v) is 7.81. The van der Waals surface area contributed by atoms with Crippen LogP contribution in [0.4, 0.5) is 0 Å². The Bertz CT molecular complexity index is 508. The molecule has 4 heteroatoms. The van der Waals surface area contributed by atoms with Crippen molar-refractivity contribution in [2.24, 2.45) is 11.8 Å². The average Bonchev–Trinajstić information content (AvgIpc) is 2.94. The van der Waals surface area contributed by atoms with Crippen LogP contribution in [-0.2, 0) is 12.8 Å². The van der Waals surface area contributed by atoms with Crippen molar-refractivity contribution in [1.29, 1.82) is 0 Å². The van der Waals surface area contributed by atoms with Crippen molar-refractivity contribution in [3.63, 3.8) is 0 Å². The standard InChI is InChI=1S/C17H23BrN2S/c1-13(2)9-19-10-15(8-17-11-20-12-21-17)7-14-3-5-16(18)6-4-14/h3-6,11-13,15,19H,7-10H2,1-2H3. The lowest BCUT2D eigenvalue weighted by Gasteiger charge is -2.18. The lowest BCUT2D eigenvalue weighted by atomic mass is 9.95. The molecule has 21 heavy (non-hydrogen) atoms. The summed E-state index contributed by atoms with van der Waals surface area (Å²) in [7, 11) is 0. The second kappa shape index (κ2) is 8.66. The van der Waals surface area contributed by atoms with E-state index in [4.69, 9.17) is 0 Å². The molecule has 114 valence electrons. The molecule has 0 radical (unpaired) electrons. The van der Waals surface area contributed by atoms with E-state index in [1.54, 1.807) is 11.3 Å². The van der Waals surface area contributed by atoms with Gasteiger partial charge in [-0.1, -0.05) is 41.9 Å². The van der Waals surface area contributed by atoms with Crippen molar-refractivity contribution in [2.45, 2.75) is 26.7 Å². The first-order chi connectivity index (χ1) is 10.1. The van der Waals surface area contributed by atoms with Crippen LogP contribution in [0.5, 0.6) is 0 Å². The SMILES string of the molecule is CC(C)CNCC(Cc1ccc(Br)cc1)Cc1cncs1. The van der Waals surface area contributed by atoms with E-state index in [9.17, 15) is 0 Å². The minimum Gasteiger partial charge on any atom is -0.316 e. The number of rotatable bonds is 8. The van der Waals surface area contributed by atoms with E-state index in [0.29, 0.717) is 11.8 Å². The predicted molar refractivity (Wildman–Crippen MR) is 94.9 cm³/mol. The van der Waals surface area contributed by atoms with Gasteiger partial charge < -0.3 is 5.32 Å². The summed E-state index contributed by atoms with van der Waals surface area (Å²) in [6, 6.07) is 8.68. The molecule has 2 nitrogen and oxygen atoms in total. The Morgan fingerprint density at radius 1 is 1.14 bits per heavy atom. The summed E-state index contributed by atoms with van der Waals surface area (Å²) in [6.07, 6.45) is 4.21. The van der Waals surface area contributed by atoms with Crippen molar-refractivity contribution in [1.82, 2.24) is 10.3 Å². The highest BCUT2D eigenvalue weighted by Crippen LogP contribution is 2.18. The molecule has 0 amide bonds. The smallest absolute Gasteiger partial charge is 0.0794 e. The second-order valence-electron chi connectivity index (χ2n) is 5.92. The van der Waals surface area contributed by atoms with Crippen LogP contribution in [0, 0.1) is 11.8 Å². The number of hydrogen-bond acceptors (Lipinski definition) is 3. The fraction of sp³-hybridized carbons (Fsp3) is 0.471. The number of halogens is 1. The molecule has 0 spiro atoms. The first-order valence-corrected chi connectivity index (χ1v) is 9.13. The third-order valence-electron chi connectivity index (χ3n) is 3.40. The van der Waals surface area contributed by atoms with Crippen molar-refractivity contribution in [2.75, 3.05) is 13.1 Å². The Labute approximate surface area is 140 Å². The molecule has 0 bridgehead atoms.